The van der Waals surface area contributed by atoms with Gasteiger partial charge in [-0.05, 0) is 36.2 Å². The molecule has 0 spiro atoms. The number of rotatable bonds is 8. The highest BCUT2D eigenvalue weighted by molar-refractivity contribution is 7.99. The summed E-state index contributed by atoms with van der Waals surface area (Å²) in [5, 5.41) is 3.47. The van der Waals surface area contributed by atoms with Gasteiger partial charge in [0.05, 0.1) is 13.2 Å². The first-order chi connectivity index (χ1) is 14.8. The van der Waals surface area contributed by atoms with Crippen molar-refractivity contribution in [3.8, 4) is 11.4 Å². The van der Waals surface area contributed by atoms with Crippen LogP contribution in [0.1, 0.15) is 5.56 Å². The van der Waals surface area contributed by atoms with Gasteiger partial charge in [0, 0.05) is 55.6 Å². The maximum Gasteiger partial charge on any atom is 0.163 e. The SMILES string of the molecule is CSNc1cccc(-c2nc(NCCc3ccncc3)cc(N3CCOCC3)n2)c1. The summed E-state index contributed by atoms with van der Waals surface area (Å²) in [6.07, 6.45) is 6.56. The van der Waals surface area contributed by atoms with Crippen LogP contribution in [-0.4, -0.2) is 54.1 Å². The quantitative estimate of drug-likeness (QED) is 0.532. The van der Waals surface area contributed by atoms with Crippen LogP contribution >= 0.6 is 11.9 Å². The molecule has 1 fully saturated rings. The molecule has 0 bridgehead atoms. The first-order valence-corrected chi connectivity index (χ1v) is 11.3. The van der Waals surface area contributed by atoms with Crippen molar-refractivity contribution in [1.29, 1.82) is 0 Å². The molecule has 3 heterocycles. The molecule has 0 radical (unpaired) electrons. The zero-order chi connectivity index (χ0) is 20.6. The molecule has 1 aliphatic rings. The fourth-order valence-electron chi connectivity index (χ4n) is 3.33. The lowest BCUT2D eigenvalue weighted by molar-refractivity contribution is 0.122. The standard InChI is InChI=1S/C22H26N6OS/c1-30-27-19-4-2-3-18(15-19)22-25-20(24-10-7-17-5-8-23-9-6-17)16-21(26-22)28-11-13-29-14-12-28/h2-6,8-9,15-16,27H,7,10-14H2,1H3,(H,24,25,26). The van der Waals surface area contributed by atoms with Crippen LogP contribution in [0.3, 0.4) is 0 Å². The largest absolute Gasteiger partial charge is 0.378 e. The van der Waals surface area contributed by atoms with Gasteiger partial charge in [-0.15, -0.1) is 0 Å². The third-order valence-electron chi connectivity index (χ3n) is 4.86. The number of hydrogen-bond acceptors (Lipinski definition) is 8. The van der Waals surface area contributed by atoms with Crippen molar-refractivity contribution >= 4 is 29.3 Å². The molecule has 1 saturated heterocycles. The summed E-state index contributed by atoms with van der Waals surface area (Å²) in [4.78, 5) is 16.0. The van der Waals surface area contributed by atoms with Gasteiger partial charge in [-0.25, -0.2) is 9.97 Å². The monoisotopic (exact) mass is 422 g/mol. The molecule has 0 unspecified atom stereocenters. The molecule has 1 aliphatic heterocycles. The van der Waals surface area contributed by atoms with Gasteiger partial charge >= 0.3 is 0 Å². The van der Waals surface area contributed by atoms with E-state index >= 15 is 0 Å². The maximum atomic E-state index is 5.51. The highest BCUT2D eigenvalue weighted by Crippen LogP contribution is 2.26. The Kier molecular flexibility index (Phi) is 6.99. The van der Waals surface area contributed by atoms with Crippen molar-refractivity contribution in [2.24, 2.45) is 0 Å². The van der Waals surface area contributed by atoms with Crippen LogP contribution in [0.25, 0.3) is 11.4 Å². The Hall–Kier alpha value is -2.84. The van der Waals surface area contributed by atoms with Crippen LogP contribution in [0.5, 0.6) is 0 Å². The second-order valence-electron chi connectivity index (χ2n) is 6.95. The van der Waals surface area contributed by atoms with E-state index in [0.29, 0.717) is 0 Å². The molecular weight excluding hydrogens is 396 g/mol. The fraction of sp³-hybridized carbons (Fsp3) is 0.318. The average molecular weight is 423 g/mol. The van der Waals surface area contributed by atoms with Crippen molar-refractivity contribution in [3.63, 3.8) is 0 Å². The third kappa shape index (κ3) is 5.40. The van der Waals surface area contributed by atoms with Gasteiger partial charge in [-0.2, -0.15) is 0 Å². The Morgan fingerprint density at radius 1 is 1.07 bits per heavy atom. The van der Waals surface area contributed by atoms with Crippen LogP contribution < -0.4 is 14.9 Å². The number of nitrogens with one attached hydrogen (secondary N) is 2. The molecule has 0 aliphatic carbocycles. The normalized spacial score (nSPS) is 13.8. The van der Waals surface area contributed by atoms with Crippen LogP contribution in [0.2, 0.25) is 0 Å². The predicted molar refractivity (Wildman–Crippen MR) is 124 cm³/mol. The summed E-state index contributed by atoms with van der Waals surface area (Å²) in [5.74, 6) is 2.48. The number of pyridine rings is 1. The van der Waals surface area contributed by atoms with E-state index in [1.54, 1.807) is 11.9 Å². The van der Waals surface area contributed by atoms with Gasteiger partial charge < -0.3 is 19.7 Å². The van der Waals surface area contributed by atoms with E-state index in [-0.39, 0.29) is 0 Å². The van der Waals surface area contributed by atoms with Crippen LogP contribution in [0.4, 0.5) is 17.3 Å². The molecule has 0 atom stereocenters. The van der Waals surface area contributed by atoms with Gasteiger partial charge in [0.25, 0.3) is 0 Å². The number of nitrogens with zero attached hydrogens (tertiary/aromatic N) is 4. The smallest absolute Gasteiger partial charge is 0.163 e. The van der Waals surface area contributed by atoms with E-state index in [4.69, 9.17) is 14.7 Å². The van der Waals surface area contributed by atoms with Crippen molar-refractivity contribution in [2.75, 3.05) is 54.0 Å². The number of aromatic nitrogens is 3. The number of hydrogen-bond donors (Lipinski definition) is 2. The van der Waals surface area contributed by atoms with Crippen molar-refractivity contribution in [1.82, 2.24) is 15.0 Å². The third-order valence-corrected chi connectivity index (χ3v) is 5.30. The highest BCUT2D eigenvalue weighted by Gasteiger charge is 2.16. The molecule has 156 valence electrons. The first kappa shape index (κ1) is 20.4. The van der Waals surface area contributed by atoms with Gasteiger partial charge in [-0.3, -0.25) is 4.98 Å². The number of ether oxygens (including phenoxy) is 1. The van der Waals surface area contributed by atoms with Crippen molar-refractivity contribution in [2.45, 2.75) is 6.42 Å². The number of benzene rings is 1. The molecule has 3 aromatic rings. The first-order valence-electron chi connectivity index (χ1n) is 10.1. The Balaban J connectivity index is 1.58. The van der Waals surface area contributed by atoms with Crippen molar-refractivity contribution in [3.05, 3.63) is 60.4 Å². The van der Waals surface area contributed by atoms with E-state index in [2.05, 4.69) is 26.0 Å². The molecular formula is C22H26N6OS. The Morgan fingerprint density at radius 2 is 1.90 bits per heavy atom. The second-order valence-corrected chi connectivity index (χ2v) is 7.57. The summed E-state index contributed by atoms with van der Waals surface area (Å²) >= 11 is 1.57. The maximum absolute atomic E-state index is 5.51. The zero-order valence-corrected chi connectivity index (χ0v) is 17.9. The average Bonchev–Trinajstić information content (AvgIpc) is 2.81. The Bertz CT molecular complexity index is 949. The van der Waals surface area contributed by atoms with Crippen molar-refractivity contribution < 1.29 is 4.74 Å². The summed E-state index contributed by atoms with van der Waals surface area (Å²) in [5.41, 5.74) is 3.27. The van der Waals surface area contributed by atoms with Crippen LogP contribution in [0, 0.1) is 0 Å². The molecule has 2 aromatic heterocycles. The minimum absolute atomic E-state index is 0.718. The minimum atomic E-state index is 0.718. The summed E-state index contributed by atoms with van der Waals surface area (Å²) in [7, 11) is 0. The molecule has 7 nitrogen and oxygen atoms in total. The molecule has 0 saturated carbocycles. The Labute approximate surface area is 181 Å². The van der Waals surface area contributed by atoms with E-state index in [9.17, 15) is 0 Å². The van der Waals surface area contributed by atoms with E-state index in [0.717, 1.165) is 68.0 Å². The zero-order valence-electron chi connectivity index (χ0n) is 17.0. The fourth-order valence-corrected chi connectivity index (χ4v) is 3.70. The molecule has 4 rings (SSSR count). The molecule has 1 aromatic carbocycles. The van der Waals surface area contributed by atoms with Crippen LogP contribution in [-0.2, 0) is 11.2 Å². The number of anilines is 3. The van der Waals surface area contributed by atoms with Gasteiger partial charge in [0.1, 0.15) is 11.6 Å². The lowest BCUT2D eigenvalue weighted by atomic mass is 10.2. The lowest BCUT2D eigenvalue weighted by Crippen LogP contribution is -2.36. The summed E-state index contributed by atoms with van der Waals surface area (Å²) < 4.78 is 8.78. The van der Waals surface area contributed by atoms with E-state index in [1.807, 2.05) is 55.0 Å². The van der Waals surface area contributed by atoms with Gasteiger partial charge in [-0.1, -0.05) is 24.1 Å². The van der Waals surface area contributed by atoms with Crippen LogP contribution in [0.15, 0.2) is 54.9 Å². The molecule has 8 heteroatoms. The van der Waals surface area contributed by atoms with E-state index in [1.165, 1.54) is 5.56 Å². The van der Waals surface area contributed by atoms with Gasteiger partial charge in [0.2, 0.25) is 0 Å². The molecule has 0 amide bonds. The highest BCUT2D eigenvalue weighted by atomic mass is 32.2. The predicted octanol–water partition coefficient (Wildman–Crippen LogP) is 3.72. The second kappa shape index (κ2) is 10.3. The molecule has 2 N–H and O–H groups in total. The summed E-state index contributed by atoms with van der Waals surface area (Å²) in [6, 6.07) is 14.3. The Morgan fingerprint density at radius 3 is 2.70 bits per heavy atom. The number of morpholine rings is 1. The topological polar surface area (TPSA) is 75.2 Å². The lowest BCUT2D eigenvalue weighted by Gasteiger charge is -2.28. The minimum Gasteiger partial charge on any atom is -0.378 e. The van der Waals surface area contributed by atoms with Gasteiger partial charge in [0.15, 0.2) is 5.82 Å². The van der Waals surface area contributed by atoms with E-state index < -0.39 is 0 Å². The molecule has 30 heavy (non-hydrogen) atoms. The summed E-state index contributed by atoms with van der Waals surface area (Å²) in [6.45, 7) is 3.90.